The van der Waals surface area contributed by atoms with Gasteiger partial charge in [-0.15, -0.1) is 0 Å². The Morgan fingerprint density at radius 1 is 0.781 bits per heavy atom. The summed E-state index contributed by atoms with van der Waals surface area (Å²) in [6.07, 6.45) is 14.2. The molecule has 2 aromatic carbocycles. The van der Waals surface area contributed by atoms with Gasteiger partial charge in [0.2, 0.25) is 0 Å². The van der Waals surface area contributed by atoms with Gasteiger partial charge in [0.1, 0.15) is 5.75 Å². The third kappa shape index (κ3) is 9.84. The normalized spacial score (nSPS) is 10.8. The van der Waals surface area contributed by atoms with Crippen molar-refractivity contribution in [1.82, 2.24) is 0 Å². The van der Waals surface area contributed by atoms with Crippen molar-refractivity contribution in [2.75, 3.05) is 6.61 Å². The van der Waals surface area contributed by atoms with Crippen LogP contribution >= 0.6 is 0 Å². The molecule has 0 radical (unpaired) electrons. The molecular weight excluding hydrogens is 403 g/mol. The lowest BCUT2D eigenvalue weighted by molar-refractivity contribution is 0.0734. The number of hydrogen-bond acceptors (Lipinski definition) is 3. The highest BCUT2D eigenvalue weighted by atomic mass is 19.1. The highest BCUT2D eigenvalue weighted by molar-refractivity contribution is 5.91. The summed E-state index contributed by atoms with van der Waals surface area (Å²) in [5, 5.41) is 0. The molecule has 2 rings (SSSR count). The lowest BCUT2D eigenvalue weighted by atomic mass is 10.0. The fourth-order valence-electron chi connectivity index (χ4n) is 3.63. The van der Waals surface area contributed by atoms with E-state index >= 15 is 0 Å². The minimum Gasteiger partial charge on any atom is -0.491 e. The Morgan fingerprint density at radius 2 is 1.41 bits per heavy atom. The smallest absolute Gasteiger partial charge is 0.343 e. The molecule has 176 valence electrons. The number of unbranched alkanes of at least 4 members (excludes halogenated alkanes) is 9. The predicted molar refractivity (Wildman–Crippen MR) is 129 cm³/mol. The van der Waals surface area contributed by atoms with Crippen LogP contribution < -0.4 is 9.47 Å². The van der Waals surface area contributed by atoms with Crippen molar-refractivity contribution in [3.05, 3.63) is 59.4 Å². The maximum Gasteiger partial charge on any atom is 0.343 e. The molecule has 0 saturated heterocycles. The maximum atomic E-state index is 14.3. The van der Waals surface area contributed by atoms with E-state index in [0.717, 1.165) is 25.7 Å². The molecule has 0 unspecified atom stereocenters. The van der Waals surface area contributed by atoms with E-state index in [0.29, 0.717) is 12.2 Å². The Balaban J connectivity index is 1.76. The number of carbonyl (C=O) groups excluding carboxylic acids is 1. The van der Waals surface area contributed by atoms with Gasteiger partial charge in [-0.1, -0.05) is 83.8 Å². The fourth-order valence-corrected chi connectivity index (χ4v) is 3.63. The van der Waals surface area contributed by atoms with Crippen molar-refractivity contribution in [3.63, 3.8) is 0 Å². The largest absolute Gasteiger partial charge is 0.491 e. The molecule has 32 heavy (non-hydrogen) atoms. The van der Waals surface area contributed by atoms with Gasteiger partial charge in [-0.25, -0.2) is 9.18 Å². The summed E-state index contributed by atoms with van der Waals surface area (Å²) in [5.74, 6) is -0.625. The molecule has 0 spiro atoms. The van der Waals surface area contributed by atoms with Crippen LogP contribution in [0.4, 0.5) is 4.39 Å². The van der Waals surface area contributed by atoms with Crippen LogP contribution in [0.5, 0.6) is 11.5 Å². The second kappa shape index (κ2) is 15.4. The average molecular weight is 443 g/mol. The van der Waals surface area contributed by atoms with Gasteiger partial charge in [0.05, 0.1) is 12.2 Å². The molecule has 0 heterocycles. The maximum absolute atomic E-state index is 14.3. The van der Waals surface area contributed by atoms with Crippen molar-refractivity contribution in [3.8, 4) is 11.5 Å². The standard InChI is InChI=1S/C28H39FO3/c1-3-5-7-9-11-13-21-31-27-20-19-25(22-26(27)29)32-28(30)24-17-15-23(16-18-24)14-12-10-8-6-4-2/h15-20,22H,3-14,21H2,1-2H3. The average Bonchev–Trinajstić information content (AvgIpc) is 2.80. The molecule has 2 aromatic rings. The minimum atomic E-state index is -0.514. The van der Waals surface area contributed by atoms with Crippen LogP contribution in [0.3, 0.4) is 0 Å². The molecule has 3 nitrogen and oxygen atoms in total. The Kier molecular flexibility index (Phi) is 12.5. The molecular formula is C28H39FO3. The molecule has 0 atom stereocenters. The molecule has 0 aliphatic carbocycles. The van der Waals surface area contributed by atoms with Crippen LogP contribution in [-0.2, 0) is 6.42 Å². The van der Waals surface area contributed by atoms with Gasteiger partial charge >= 0.3 is 5.97 Å². The number of ether oxygens (including phenoxy) is 2. The molecule has 0 aliphatic rings. The van der Waals surface area contributed by atoms with Crippen LogP contribution in [0.1, 0.15) is 100 Å². The lowest BCUT2D eigenvalue weighted by Gasteiger charge is -2.09. The molecule has 0 aromatic heterocycles. The van der Waals surface area contributed by atoms with E-state index in [4.69, 9.17) is 9.47 Å². The van der Waals surface area contributed by atoms with Crippen molar-refractivity contribution < 1.29 is 18.7 Å². The first-order valence-corrected chi connectivity index (χ1v) is 12.4. The van der Waals surface area contributed by atoms with Crippen molar-refractivity contribution >= 4 is 5.97 Å². The Hall–Kier alpha value is -2.36. The Labute approximate surface area is 193 Å². The summed E-state index contributed by atoms with van der Waals surface area (Å²) in [4.78, 5) is 12.4. The SMILES string of the molecule is CCCCCCCCOc1ccc(OC(=O)c2ccc(CCCCCCC)cc2)cc1F. The number of carbonyl (C=O) groups is 1. The van der Waals surface area contributed by atoms with Gasteiger partial charge in [-0.05, 0) is 49.1 Å². The first kappa shape index (κ1) is 25.9. The van der Waals surface area contributed by atoms with Crippen LogP contribution in [0.15, 0.2) is 42.5 Å². The second-order valence-electron chi connectivity index (χ2n) is 8.46. The summed E-state index contributed by atoms with van der Waals surface area (Å²) >= 11 is 0. The van der Waals surface area contributed by atoms with Crippen molar-refractivity contribution in [1.29, 1.82) is 0 Å². The zero-order valence-corrected chi connectivity index (χ0v) is 19.8. The number of hydrogen-bond donors (Lipinski definition) is 0. The number of halogens is 1. The van der Waals surface area contributed by atoms with Crippen molar-refractivity contribution in [2.45, 2.75) is 90.9 Å². The zero-order chi connectivity index (χ0) is 23.0. The molecule has 0 amide bonds. The summed E-state index contributed by atoms with van der Waals surface area (Å²) < 4.78 is 25.2. The highest BCUT2D eigenvalue weighted by Gasteiger charge is 2.11. The number of rotatable bonds is 16. The first-order valence-electron chi connectivity index (χ1n) is 12.4. The van der Waals surface area contributed by atoms with E-state index in [2.05, 4.69) is 13.8 Å². The van der Waals surface area contributed by atoms with Gasteiger partial charge in [0.25, 0.3) is 0 Å². The van der Waals surface area contributed by atoms with E-state index in [9.17, 15) is 9.18 Å². The van der Waals surface area contributed by atoms with E-state index in [1.54, 1.807) is 18.2 Å². The second-order valence-corrected chi connectivity index (χ2v) is 8.46. The number of esters is 1. The van der Waals surface area contributed by atoms with E-state index in [1.807, 2.05) is 12.1 Å². The number of benzene rings is 2. The van der Waals surface area contributed by atoms with Crippen LogP contribution in [0, 0.1) is 5.82 Å². The number of aryl methyl sites for hydroxylation is 1. The quantitative estimate of drug-likeness (QED) is 0.149. The lowest BCUT2D eigenvalue weighted by Crippen LogP contribution is -2.09. The minimum absolute atomic E-state index is 0.180. The third-order valence-corrected chi connectivity index (χ3v) is 5.63. The molecule has 0 N–H and O–H groups in total. The highest BCUT2D eigenvalue weighted by Crippen LogP contribution is 2.24. The van der Waals surface area contributed by atoms with Gasteiger partial charge in [0.15, 0.2) is 11.6 Å². The van der Waals surface area contributed by atoms with Gasteiger partial charge in [-0.2, -0.15) is 0 Å². The molecule has 0 saturated carbocycles. The van der Waals surface area contributed by atoms with E-state index in [-0.39, 0.29) is 11.5 Å². The summed E-state index contributed by atoms with van der Waals surface area (Å²) in [5.41, 5.74) is 1.68. The van der Waals surface area contributed by atoms with Gasteiger partial charge in [0, 0.05) is 6.07 Å². The molecule has 0 fully saturated rings. The van der Waals surface area contributed by atoms with E-state index < -0.39 is 11.8 Å². The van der Waals surface area contributed by atoms with Crippen LogP contribution in [0.25, 0.3) is 0 Å². The van der Waals surface area contributed by atoms with Crippen LogP contribution in [-0.4, -0.2) is 12.6 Å². The Bertz CT molecular complexity index is 786. The summed E-state index contributed by atoms with van der Waals surface area (Å²) in [7, 11) is 0. The summed E-state index contributed by atoms with van der Waals surface area (Å²) in [6.45, 7) is 4.90. The van der Waals surface area contributed by atoms with Gasteiger partial charge in [-0.3, -0.25) is 0 Å². The van der Waals surface area contributed by atoms with E-state index in [1.165, 1.54) is 69.1 Å². The Morgan fingerprint density at radius 3 is 2.06 bits per heavy atom. The monoisotopic (exact) mass is 442 g/mol. The zero-order valence-electron chi connectivity index (χ0n) is 19.8. The molecule has 4 heteroatoms. The molecule has 0 aliphatic heterocycles. The van der Waals surface area contributed by atoms with Crippen molar-refractivity contribution in [2.24, 2.45) is 0 Å². The topological polar surface area (TPSA) is 35.5 Å². The van der Waals surface area contributed by atoms with Crippen LogP contribution in [0.2, 0.25) is 0 Å². The summed E-state index contributed by atoms with van der Waals surface area (Å²) in [6, 6.07) is 11.8. The third-order valence-electron chi connectivity index (χ3n) is 5.63. The predicted octanol–water partition coefficient (Wildman–Crippen LogP) is 8.30. The molecule has 0 bridgehead atoms. The fraction of sp³-hybridized carbons (Fsp3) is 0.536. The first-order chi connectivity index (χ1) is 15.6. The van der Waals surface area contributed by atoms with Gasteiger partial charge < -0.3 is 9.47 Å².